The molecule has 0 aliphatic rings. The van der Waals surface area contributed by atoms with Gasteiger partial charge in [-0.15, -0.1) is 10.2 Å². The van der Waals surface area contributed by atoms with E-state index in [1.54, 1.807) is 24.2 Å². The van der Waals surface area contributed by atoms with Gasteiger partial charge in [0, 0.05) is 23.7 Å². The molecule has 0 spiro atoms. The van der Waals surface area contributed by atoms with Crippen LogP contribution in [0.15, 0.2) is 47.9 Å². The number of carbonyl (C=O) groups excluding carboxylic acids is 1. The van der Waals surface area contributed by atoms with Gasteiger partial charge in [0.1, 0.15) is 12.0 Å². The molecule has 3 aromatic rings. The largest absolute Gasteiger partial charge is 0.321 e. The maximum Gasteiger partial charge on any atom is 0.274 e. The average molecular weight is 367 g/mol. The van der Waals surface area contributed by atoms with Crippen molar-refractivity contribution in [1.82, 2.24) is 19.7 Å². The van der Waals surface area contributed by atoms with Crippen LogP contribution in [0.25, 0.3) is 0 Å². The highest BCUT2D eigenvalue weighted by atomic mass is 32.2. The highest BCUT2D eigenvalue weighted by Crippen LogP contribution is 2.34. The van der Waals surface area contributed by atoms with Crippen LogP contribution < -0.4 is 5.32 Å². The Balaban J connectivity index is 1.74. The van der Waals surface area contributed by atoms with Crippen molar-refractivity contribution < 1.29 is 4.79 Å². The fourth-order valence-corrected chi connectivity index (χ4v) is 3.53. The summed E-state index contributed by atoms with van der Waals surface area (Å²) in [5, 5.41) is 12.0. The van der Waals surface area contributed by atoms with Crippen molar-refractivity contribution in [2.75, 3.05) is 5.32 Å². The first-order valence-electron chi connectivity index (χ1n) is 8.29. The highest BCUT2D eigenvalue weighted by Gasteiger charge is 2.13. The molecule has 1 atom stereocenters. The molecule has 6 nitrogen and oxygen atoms in total. The average Bonchev–Trinajstić information content (AvgIpc) is 2.99. The molecule has 0 fully saturated rings. The van der Waals surface area contributed by atoms with Gasteiger partial charge in [0.15, 0.2) is 5.16 Å². The van der Waals surface area contributed by atoms with Crippen molar-refractivity contribution in [3.8, 4) is 0 Å². The van der Waals surface area contributed by atoms with Crippen molar-refractivity contribution in [2.45, 2.75) is 31.2 Å². The maximum absolute atomic E-state index is 12.5. The molecule has 0 saturated carbocycles. The van der Waals surface area contributed by atoms with Crippen LogP contribution in [0.5, 0.6) is 0 Å². The van der Waals surface area contributed by atoms with Crippen molar-refractivity contribution >= 4 is 23.4 Å². The van der Waals surface area contributed by atoms with E-state index in [1.807, 2.05) is 55.8 Å². The Hall–Kier alpha value is -2.67. The predicted molar refractivity (Wildman–Crippen MR) is 103 cm³/mol. The van der Waals surface area contributed by atoms with Crippen LogP contribution in [0.1, 0.15) is 39.5 Å². The van der Waals surface area contributed by atoms with E-state index >= 15 is 0 Å². The van der Waals surface area contributed by atoms with E-state index in [2.05, 4.69) is 27.4 Å². The van der Waals surface area contributed by atoms with Gasteiger partial charge >= 0.3 is 0 Å². The van der Waals surface area contributed by atoms with Crippen LogP contribution in [0.2, 0.25) is 0 Å². The van der Waals surface area contributed by atoms with E-state index in [1.165, 1.54) is 0 Å². The maximum atomic E-state index is 12.5. The Morgan fingerprint density at radius 1 is 1.23 bits per heavy atom. The van der Waals surface area contributed by atoms with E-state index in [0.717, 1.165) is 27.7 Å². The minimum Gasteiger partial charge on any atom is -0.321 e. The quantitative estimate of drug-likeness (QED) is 0.692. The summed E-state index contributed by atoms with van der Waals surface area (Å²) in [4.78, 5) is 16.8. The van der Waals surface area contributed by atoms with E-state index < -0.39 is 0 Å². The number of nitrogens with zero attached hydrogens (tertiary/aromatic N) is 4. The Labute approximate surface area is 157 Å². The molecule has 0 unspecified atom stereocenters. The lowest BCUT2D eigenvalue weighted by Gasteiger charge is -2.13. The first-order chi connectivity index (χ1) is 12.4. The number of amides is 1. The van der Waals surface area contributed by atoms with Crippen molar-refractivity contribution in [3.05, 3.63) is 65.2 Å². The third kappa shape index (κ3) is 4.29. The molecular formula is C19H21N5OS. The van der Waals surface area contributed by atoms with Gasteiger partial charge in [0.2, 0.25) is 0 Å². The first kappa shape index (κ1) is 18.1. The molecule has 2 heterocycles. The summed E-state index contributed by atoms with van der Waals surface area (Å²) < 4.78 is 1.89. The minimum atomic E-state index is -0.206. The molecule has 0 bridgehead atoms. The number of aromatic nitrogens is 4. The Morgan fingerprint density at radius 2 is 2.04 bits per heavy atom. The zero-order valence-corrected chi connectivity index (χ0v) is 16.0. The number of carbonyl (C=O) groups is 1. The molecule has 2 aromatic heterocycles. The third-order valence-corrected chi connectivity index (χ3v) is 5.10. The number of anilines is 1. The summed E-state index contributed by atoms with van der Waals surface area (Å²) in [6.45, 7) is 5.94. The fraction of sp³-hybridized carbons (Fsp3) is 0.263. The number of nitrogens with one attached hydrogen (secondary N) is 1. The second-order valence-electron chi connectivity index (χ2n) is 6.24. The number of hydrogen-bond acceptors (Lipinski definition) is 5. The van der Waals surface area contributed by atoms with Gasteiger partial charge in [-0.3, -0.25) is 4.79 Å². The van der Waals surface area contributed by atoms with Gasteiger partial charge in [0.25, 0.3) is 5.91 Å². The molecule has 0 aliphatic carbocycles. The van der Waals surface area contributed by atoms with E-state index in [0.29, 0.717) is 5.69 Å². The van der Waals surface area contributed by atoms with Crippen LogP contribution >= 0.6 is 11.8 Å². The fourth-order valence-electron chi connectivity index (χ4n) is 2.63. The number of aryl methyl sites for hydroxylation is 3. The van der Waals surface area contributed by atoms with Gasteiger partial charge in [-0.1, -0.05) is 23.9 Å². The number of hydrogen-bond donors (Lipinski definition) is 1. The lowest BCUT2D eigenvalue weighted by molar-refractivity contribution is 0.102. The van der Waals surface area contributed by atoms with Crippen molar-refractivity contribution in [2.24, 2.45) is 7.05 Å². The summed E-state index contributed by atoms with van der Waals surface area (Å²) in [5.41, 5.74) is 4.13. The summed E-state index contributed by atoms with van der Waals surface area (Å²) in [6, 6.07) is 11.6. The summed E-state index contributed by atoms with van der Waals surface area (Å²) in [5.74, 6) is -0.206. The molecule has 1 amide bonds. The third-order valence-electron chi connectivity index (χ3n) is 3.90. The predicted octanol–water partition coefficient (Wildman–Crippen LogP) is 3.93. The van der Waals surface area contributed by atoms with Crippen LogP contribution in [-0.4, -0.2) is 25.7 Å². The van der Waals surface area contributed by atoms with Crippen LogP contribution in [0, 0.1) is 13.8 Å². The minimum absolute atomic E-state index is 0.175. The standard InChI is InChI=1S/C19H21N5OS/c1-12-8-13(2)21-17(9-12)18(25)22-16-7-5-6-15(10-16)14(3)26-19-23-20-11-24(19)4/h5-11,14H,1-4H3,(H,22,25)/t14-/m0/s1. The molecule has 1 N–H and O–H groups in total. The van der Waals surface area contributed by atoms with Crippen molar-refractivity contribution in [3.63, 3.8) is 0 Å². The van der Waals surface area contributed by atoms with Gasteiger partial charge < -0.3 is 9.88 Å². The van der Waals surface area contributed by atoms with Gasteiger partial charge in [-0.05, 0) is 56.2 Å². The molecule has 0 radical (unpaired) electrons. The lowest BCUT2D eigenvalue weighted by Crippen LogP contribution is -2.14. The zero-order valence-electron chi connectivity index (χ0n) is 15.2. The molecule has 134 valence electrons. The Morgan fingerprint density at radius 3 is 2.73 bits per heavy atom. The molecule has 0 saturated heterocycles. The lowest BCUT2D eigenvalue weighted by atomic mass is 10.1. The van der Waals surface area contributed by atoms with Crippen LogP contribution in [0.3, 0.4) is 0 Å². The monoisotopic (exact) mass is 367 g/mol. The summed E-state index contributed by atoms with van der Waals surface area (Å²) in [7, 11) is 1.92. The van der Waals surface area contributed by atoms with Crippen molar-refractivity contribution in [1.29, 1.82) is 0 Å². The topological polar surface area (TPSA) is 72.7 Å². The molecular weight excluding hydrogens is 346 g/mol. The van der Waals surface area contributed by atoms with E-state index in [-0.39, 0.29) is 11.2 Å². The van der Waals surface area contributed by atoms with E-state index in [4.69, 9.17) is 0 Å². The number of benzene rings is 1. The second kappa shape index (κ2) is 7.70. The zero-order chi connectivity index (χ0) is 18.7. The van der Waals surface area contributed by atoms with Crippen LogP contribution in [-0.2, 0) is 7.05 Å². The molecule has 1 aromatic carbocycles. The molecule has 26 heavy (non-hydrogen) atoms. The number of thioether (sulfide) groups is 1. The molecule has 0 aliphatic heterocycles. The molecule has 7 heteroatoms. The molecule has 3 rings (SSSR count). The second-order valence-corrected chi connectivity index (χ2v) is 7.54. The number of pyridine rings is 1. The smallest absolute Gasteiger partial charge is 0.274 e. The number of rotatable bonds is 5. The van der Waals surface area contributed by atoms with Crippen LogP contribution in [0.4, 0.5) is 5.69 Å². The Bertz CT molecular complexity index is 917. The summed E-state index contributed by atoms with van der Waals surface area (Å²) >= 11 is 1.62. The first-order valence-corrected chi connectivity index (χ1v) is 9.17. The van der Waals surface area contributed by atoms with Gasteiger partial charge in [-0.2, -0.15) is 0 Å². The normalized spacial score (nSPS) is 12.0. The Kier molecular flexibility index (Phi) is 5.37. The van der Waals surface area contributed by atoms with Gasteiger partial charge in [-0.25, -0.2) is 4.98 Å². The van der Waals surface area contributed by atoms with Gasteiger partial charge in [0.05, 0.1) is 0 Å². The SMILES string of the molecule is Cc1cc(C)nc(C(=O)Nc2cccc([C@H](C)Sc3nncn3C)c2)c1. The summed E-state index contributed by atoms with van der Waals surface area (Å²) in [6.07, 6.45) is 1.68. The van der Waals surface area contributed by atoms with E-state index in [9.17, 15) is 4.79 Å². The highest BCUT2D eigenvalue weighted by molar-refractivity contribution is 7.99.